The highest BCUT2D eigenvalue weighted by Crippen LogP contribution is 2.47. The van der Waals surface area contributed by atoms with Crippen LogP contribution in [-0.2, 0) is 9.59 Å². The van der Waals surface area contributed by atoms with Crippen LogP contribution in [-0.4, -0.2) is 64.5 Å². The molecule has 1 aromatic rings. The maximum atomic E-state index is 13.0. The van der Waals surface area contributed by atoms with Crippen LogP contribution in [0.4, 0.5) is 5.69 Å². The normalized spacial score (nSPS) is 29.3. The molecule has 3 aliphatic heterocycles. The fraction of sp³-hybridized carbons (Fsp3) is 0.556. The summed E-state index contributed by atoms with van der Waals surface area (Å²) < 4.78 is 0. The van der Waals surface area contributed by atoms with Crippen molar-refractivity contribution >= 4 is 40.9 Å². The number of carbonyl (C=O) groups is 2. The lowest BCUT2D eigenvalue weighted by molar-refractivity contribution is -0.143. The molecule has 134 valence electrons. The number of halogens is 1. The molecule has 0 aromatic heterocycles. The van der Waals surface area contributed by atoms with Gasteiger partial charge in [-0.2, -0.15) is 0 Å². The van der Waals surface area contributed by atoms with Crippen molar-refractivity contribution < 1.29 is 9.59 Å². The van der Waals surface area contributed by atoms with Gasteiger partial charge in [0.1, 0.15) is 6.04 Å². The summed E-state index contributed by atoms with van der Waals surface area (Å²) in [6, 6.07) is 7.52. The second-order valence-corrected chi connectivity index (χ2v) is 8.94. The molecule has 0 N–H and O–H groups in total. The fourth-order valence-electron chi connectivity index (χ4n) is 4.09. The molecule has 7 heteroatoms. The molecule has 0 bridgehead atoms. The Bertz CT molecular complexity index is 707. The molecule has 0 aliphatic carbocycles. The number of amides is 2. The molecule has 3 saturated heterocycles. The Labute approximate surface area is 157 Å². The quantitative estimate of drug-likeness (QED) is 0.791. The van der Waals surface area contributed by atoms with E-state index in [2.05, 4.69) is 11.8 Å². The lowest BCUT2D eigenvalue weighted by Gasteiger charge is -2.39. The maximum Gasteiger partial charge on any atom is 0.246 e. The standard InChI is InChI=1S/C18H22ClN3O2S/c1-18-7-6-16(23)22(18)15(12-25-18)17(24)21-10-8-20(9-11-21)14-5-3-2-4-13(14)19/h2-5,15H,6-12H2,1H3. The average molecular weight is 380 g/mol. The Morgan fingerprint density at radius 2 is 1.96 bits per heavy atom. The number of piperazine rings is 1. The molecule has 2 unspecified atom stereocenters. The predicted molar refractivity (Wildman–Crippen MR) is 101 cm³/mol. The Morgan fingerprint density at radius 1 is 1.24 bits per heavy atom. The minimum Gasteiger partial charge on any atom is -0.367 e. The average Bonchev–Trinajstić information content (AvgIpc) is 3.11. The molecule has 4 rings (SSSR count). The van der Waals surface area contributed by atoms with Gasteiger partial charge in [0, 0.05) is 38.4 Å². The first kappa shape index (κ1) is 17.0. The summed E-state index contributed by atoms with van der Waals surface area (Å²) in [5.41, 5.74) is 1.02. The van der Waals surface area contributed by atoms with E-state index in [-0.39, 0.29) is 22.7 Å². The highest BCUT2D eigenvalue weighted by Gasteiger charge is 2.53. The second kappa shape index (κ2) is 6.40. The monoisotopic (exact) mass is 379 g/mol. The van der Waals surface area contributed by atoms with Crippen molar-refractivity contribution in [2.24, 2.45) is 0 Å². The molecule has 0 saturated carbocycles. The first-order valence-corrected chi connectivity index (χ1v) is 10.1. The van der Waals surface area contributed by atoms with Gasteiger partial charge in [0.25, 0.3) is 0 Å². The third-order valence-corrected chi connectivity index (χ3v) is 7.34. The summed E-state index contributed by atoms with van der Waals surface area (Å²) in [5, 5.41) is 0.743. The Hall–Kier alpha value is -1.40. The molecule has 0 radical (unpaired) electrons. The van der Waals surface area contributed by atoms with Crippen molar-refractivity contribution in [3.05, 3.63) is 29.3 Å². The highest BCUT2D eigenvalue weighted by atomic mass is 35.5. The molecule has 3 aliphatic rings. The van der Waals surface area contributed by atoms with E-state index in [0.29, 0.717) is 25.3 Å². The van der Waals surface area contributed by atoms with E-state index in [4.69, 9.17) is 11.6 Å². The zero-order valence-corrected chi connectivity index (χ0v) is 15.9. The molecule has 3 fully saturated rings. The van der Waals surface area contributed by atoms with E-state index in [0.717, 1.165) is 30.2 Å². The van der Waals surface area contributed by atoms with Crippen LogP contribution in [0.25, 0.3) is 0 Å². The van der Waals surface area contributed by atoms with Crippen molar-refractivity contribution in [1.82, 2.24) is 9.80 Å². The smallest absolute Gasteiger partial charge is 0.246 e. The number of benzene rings is 1. The molecule has 2 amide bonds. The molecular formula is C18H22ClN3O2S. The molecule has 0 spiro atoms. The fourth-order valence-corrected chi connectivity index (χ4v) is 5.77. The third-order valence-electron chi connectivity index (χ3n) is 5.51. The van der Waals surface area contributed by atoms with Gasteiger partial charge in [0.15, 0.2) is 0 Å². The first-order valence-electron chi connectivity index (χ1n) is 8.74. The van der Waals surface area contributed by atoms with Gasteiger partial charge in [-0.05, 0) is 25.5 Å². The molecular weight excluding hydrogens is 358 g/mol. The largest absolute Gasteiger partial charge is 0.367 e. The summed E-state index contributed by atoms with van der Waals surface area (Å²) in [6.45, 7) is 4.96. The van der Waals surface area contributed by atoms with Crippen LogP contribution in [0.2, 0.25) is 5.02 Å². The van der Waals surface area contributed by atoms with Gasteiger partial charge in [-0.3, -0.25) is 9.59 Å². The maximum absolute atomic E-state index is 13.0. The van der Waals surface area contributed by atoms with Crippen LogP contribution in [0.15, 0.2) is 24.3 Å². The topological polar surface area (TPSA) is 43.9 Å². The Kier molecular flexibility index (Phi) is 4.36. The van der Waals surface area contributed by atoms with E-state index in [9.17, 15) is 9.59 Å². The van der Waals surface area contributed by atoms with Crippen molar-refractivity contribution in [3.8, 4) is 0 Å². The van der Waals surface area contributed by atoms with Crippen molar-refractivity contribution in [2.45, 2.75) is 30.7 Å². The van der Waals surface area contributed by atoms with Gasteiger partial charge in [0.2, 0.25) is 11.8 Å². The summed E-state index contributed by atoms with van der Waals surface area (Å²) in [7, 11) is 0. The zero-order valence-electron chi connectivity index (χ0n) is 14.3. The van der Waals surface area contributed by atoms with Crippen LogP contribution in [0.5, 0.6) is 0 Å². The minimum absolute atomic E-state index is 0.102. The lowest BCUT2D eigenvalue weighted by atomic mass is 10.1. The van der Waals surface area contributed by atoms with E-state index in [1.54, 1.807) is 11.8 Å². The zero-order chi connectivity index (χ0) is 17.6. The molecule has 5 nitrogen and oxygen atoms in total. The first-order chi connectivity index (χ1) is 12.0. The lowest BCUT2D eigenvalue weighted by Crippen LogP contribution is -2.56. The summed E-state index contributed by atoms with van der Waals surface area (Å²) in [5.74, 6) is 0.942. The van der Waals surface area contributed by atoms with Crippen LogP contribution in [0.1, 0.15) is 19.8 Å². The number of para-hydroxylation sites is 1. The van der Waals surface area contributed by atoms with E-state index >= 15 is 0 Å². The molecule has 25 heavy (non-hydrogen) atoms. The molecule has 1 aromatic carbocycles. The van der Waals surface area contributed by atoms with Crippen LogP contribution < -0.4 is 4.90 Å². The van der Waals surface area contributed by atoms with Gasteiger partial charge in [0.05, 0.1) is 15.6 Å². The number of rotatable bonds is 2. The Morgan fingerprint density at radius 3 is 2.68 bits per heavy atom. The SMILES string of the molecule is CC12CCC(=O)N1C(C(=O)N1CCN(c3ccccc3Cl)CC1)CS2. The van der Waals surface area contributed by atoms with Crippen LogP contribution in [0, 0.1) is 0 Å². The van der Waals surface area contributed by atoms with Crippen LogP contribution in [0.3, 0.4) is 0 Å². The van der Waals surface area contributed by atoms with E-state index < -0.39 is 0 Å². The number of anilines is 1. The summed E-state index contributed by atoms with van der Waals surface area (Å²) >= 11 is 8.03. The second-order valence-electron chi connectivity index (χ2n) is 7.03. The van der Waals surface area contributed by atoms with Gasteiger partial charge in [-0.1, -0.05) is 23.7 Å². The minimum atomic E-state index is -0.295. The number of hydrogen-bond acceptors (Lipinski definition) is 4. The van der Waals surface area contributed by atoms with Crippen molar-refractivity contribution in [3.63, 3.8) is 0 Å². The third kappa shape index (κ3) is 2.89. The van der Waals surface area contributed by atoms with Crippen LogP contribution >= 0.6 is 23.4 Å². The van der Waals surface area contributed by atoms with Gasteiger partial charge >= 0.3 is 0 Å². The number of carbonyl (C=O) groups excluding carboxylic acids is 2. The highest BCUT2D eigenvalue weighted by molar-refractivity contribution is 8.01. The number of hydrogen-bond donors (Lipinski definition) is 0. The summed E-state index contributed by atoms with van der Waals surface area (Å²) in [6.07, 6.45) is 1.41. The van der Waals surface area contributed by atoms with Gasteiger partial charge in [-0.25, -0.2) is 0 Å². The van der Waals surface area contributed by atoms with E-state index in [1.165, 1.54) is 0 Å². The number of nitrogens with zero attached hydrogens (tertiary/aromatic N) is 3. The van der Waals surface area contributed by atoms with Crippen molar-refractivity contribution in [2.75, 3.05) is 36.8 Å². The number of thioether (sulfide) groups is 1. The summed E-state index contributed by atoms with van der Waals surface area (Å²) in [4.78, 5) is 31.1. The Balaban J connectivity index is 1.42. The molecule has 2 atom stereocenters. The van der Waals surface area contributed by atoms with Crippen molar-refractivity contribution in [1.29, 1.82) is 0 Å². The van der Waals surface area contributed by atoms with Gasteiger partial charge in [-0.15, -0.1) is 11.8 Å². The van der Waals surface area contributed by atoms with Gasteiger partial charge < -0.3 is 14.7 Å². The number of fused-ring (bicyclic) bond motifs is 1. The molecule has 3 heterocycles. The predicted octanol–water partition coefficient (Wildman–Crippen LogP) is 2.44. The van der Waals surface area contributed by atoms with E-state index in [1.807, 2.05) is 34.1 Å².